The van der Waals surface area contributed by atoms with E-state index in [4.69, 9.17) is 26.4 Å². The molecule has 1 fully saturated rings. The van der Waals surface area contributed by atoms with Gasteiger partial charge < -0.3 is 24.8 Å². The molecule has 27 heavy (non-hydrogen) atoms. The van der Waals surface area contributed by atoms with Gasteiger partial charge in [0.25, 0.3) is 11.8 Å². The van der Waals surface area contributed by atoms with Crippen molar-refractivity contribution in [2.45, 2.75) is 6.42 Å². The van der Waals surface area contributed by atoms with Crippen LogP contribution in [0.1, 0.15) is 16.8 Å². The summed E-state index contributed by atoms with van der Waals surface area (Å²) in [6.07, 6.45) is 6.00. The van der Waals surface area contributed by atoms with Crippen LogP contribution in [-0.4, -0.2) is 75.2 Å². The molecule has 0 unspecified atom stereocenters. The number of nitrogens with zero attached hydrogens (tertiary/aromatic N) is 2. The molecule has 1 aromatic carbocycles. The van der Waals surface area contributed by atoms with E-state index in [9.17, 15) is 9.59 Å². The smallest absolute Gasteiger partial charge is 0.255 e. The van der Waals surface area contributed by atoms with Crippen LogP contribution >= 0.6 is 0 Å². The van der Waals surface area contributed by atoms with E-state index in [0.717, 1.165) is 19.6 Å². The van der Waals surface area contributed by atoms with Crippen LogP contribution in [0, 0.1) is 12.3 Å². The molecular formula is C19H25N3O5. The van der Waals surface area contributed by atoms with Crippen molar-refractivity contribution in [1.82, 2.24) is 9.80 Å². The number of primary amides is 1. The summed E-state index contributed by atoms with van der Waals surface area (Å²) in [4.78, 5) is 27.9. The van der Waals surface area contributed by atoms with E-state index < -0.39 is 5.91 Å². The summed E-state index contributed by atoms with van der Waals surface area (Å²) < 4.78 is 16.0. The molecule has 0 bridgehead atoms. The Kier molecular flexibility index (Phi) is 7.32. The first-order valence-corrected chi connectivity index (χ1v) is 8.62. The molecule has 0 spiro atoms. The van der Waals surface area contributed by atoms with Gasteiger partial charge >= 0.3 is 0 Å². The zero-order valence-electron chi connectivity index (χ0n) is 15.7. The van der Waals surface area contributed by atoms with Crippen LogP contribution in [0.15, 0.2) is 12.1 Å². The molecule has 0 atom stereocenters. The first-order valence-electron chi connectivity index (χ1n) is 8.62. The van der Waals surface area contributed by atoms with Crippen LogP contribution in [0.25, 0.3) is 0 Å². The summed E-state index contributed by atoms with van der Waals surface area (Å²) in [7, 11) is 2.90. The third-order valence-electron chi connectivity index (χ3n) is 4.30. The summed E-state index contributed by atoms with van der Waals surface area (Å²) >= 11 is 0. The van der Waals surface area contributed by atoms with Crippen molar-refractivity contribution in [3.63, 3.8) is 0 Å². The molecule has 2 N–H and O–H groups in total. The number of hydrogen-bond donors (Lipinski definition) is 1. The third kappa shape index (κ3) is 5.28. The molecule has 1 heterocycles. The van der Waals surface area contributed by atoms with Gasteiger partial charge in [0.2, 0.25) is 5.75 Å². The highest BCUT2D eigenvalue weighted by molar-refractivity contribution is 5.95. The Balaban J connectivity index is 2.14. The van der Waals surface area contributed by atoms with Gasteiger partial charge in [-0.05, 0) is 12.1 Å². The van der Waals surface area contributed by atoms with E-state index in [1.807, 2.05) is 0 Å². The maximum atomic E-state index is 12.9. The summed E-state index contributed by atoms with van der Waals surface area (Å²) in [6, 6.07) is 3.15. The number of terminal acetylenes is 1. The molecule has 1 aromatic rings. The molecule has 8 heteroatoms. The summed E-state index contributed by atoms with van der Waals surface area (Å²) in [6.45, 7) is 3.32. The van der Waals surface area contributed by atoms with Crippen molar-refractivity contribution >= 4 is 11.8 Å². The molecule has 8 nitrogen and oxygen atoms in total. The van der Waals surface area contributed by atoms with E-state index >= 15 is 0 Å². The van der Waals surface area contributed by atoms with Crippen LogP contribution in [-0.2, 0) is 4.79 Å². The quantitative estimate of drug-likeness (QED) is 0.659. The Morgan fingerprint density at radius 2 is 1.74 bits per heavy atom. The van der Waals surface area contributed by atoms with Crippen LogP contribution < -0.4 is 19.9 Å². The predicted molar refractivity (Wildman–Crippen MR) is 100 cm³/mol. The highest BCUT2D eigenvalue weighted by Crippen LogP contribution is 2.38. The van der Waals surface area contributed by atoms with E-state index in [1.54, 1.807) is 17.0 Å². The van der Waals surface area contributed by atoms with Crippen molar-refractivity contribution < 1.29 is 23.8 Å². The molecule has 2 rings (SSSR count). The lowest BCUT2D eigenvalue weighted by molar-refractivity contribution is -0.120. The van der Waals surface area contributed by atoms with Crippen LogP contribution in [0.2, 0.25) is 0 Å². The van der Waals surface area contributed by atoms with Crippen LogP contribution in [0.4, 0.5) is 0 Å². The zero-order valence-corrected chi connectivity index (χ0v) is 15.7. The molecule has 1 saturated heterocycles. The minimum Gasteiger partial charge on any atom is -0.493 e. The van der Waals surface area contributed by atoms with Gasteiger partial charge in [-0.3, -0.25) is 14.5 Å². The van der Waals surface area contributed by atoms with E-state index in [0.29, 0.717) is 36.6 Å². The molecule has 146 valence electrons. The van der Waals surface area contributed by atoms with Crippen molar-refractivity contribution in [1.29, 1.82) is 0 Å². The monoisotopic (exact) mass is 375 g/mol. The largest absolute Gasteiger partial charge is 0.493 e. The topological polar surface area (TPSA) is 94.3 Å². The average molecular weight is 375 g/mol. The van der Waals surface area contributed by atoms with Gasteiger partial charge in [-0.1, -0.05) is 0 Å². The highest BCUT2D eigenvalue weighted by Gasteiger charge is 2.24. The lowest BCUT2D eigenvalue weighted by atomic mass is 10.1. The number of hydrogen-bond acceptors (Lipinski definition) is 6. The lowest BCUT2D eigenvalue weighted by Crippen LogP contribution is -2.48. The van der Waals surface area contributed by atoms with E-state index in [2.05, 4.69) is 10.8 Å². The molecule has 0 aromatic heterocycles. The molecule has 1 aliphatic heterocycles. The molecule has 2 amide bonds. The molecule has 0 saturated carbocycles. The first-order chi connectivity index (χ1) is 13.0. The average Bonchev–Trinajstić information content (AvgIpc) is 2.69. The van der Waals surface area contributed by atoms with E-state index in [1.165, 1.54) is 14.2 Å². The van der Waals surface area contributed by atoms with Gasteiger partial charge in [0.1, 0.15) is 0 Å². The minimum atomic E-state index is -0.623. The fourth-order valence-electron chi connectivity index (χ4n) is 2.87. The minimum absolute atomic E-state index is 0.121. The number of carbonyl (C=O) groups is 2. The Bertz CT molecular complexity index is 696. The molecule has 0 aliphatic carbocycles. The van der Waals surface area contributed by atoms with Crippen LogP contribution in [0.5, 0.6) is 17.2 Å². The second kappa shape index (κ2) is 9.69. The summed E-state index contributed by atoms with van der Waals surface area (Å²) in [5, 5.41) is 0. The normalized spacial score (nSPS) is 14.3. The summed E-state index contributed by atoms with van der Waals surface area (Å²) in [5.41, 5.74) is 5.54. The Morgan fingerprint density at radius 3 is 2.22 bits per heavy atom. The van der Waals surface area contributed by atoms with Crippen LogP contribution in [0.3, 0.4) is 0 Å². The van der Waals surface area contributed by atoms with Gasteiger partial charge in [-0.2, -0.15) is 0 Å². The standard InChI is InChI=1S/C19H25N3O5/c1-4-5-6-21-7-9-22(10-8-21)19(24)14-11-15(25-2)18(16(12-14)26-3)27-13-17(20)23/h1,11-12H,5-10,13H2,2-3H3,(H2,20,23). The van der Waals surface area contributed by atoms with Gasteiger partial charge in [-0.15, -0.1) is 12.3 Å². The number of piperazine rings is 1. The number of amides is 2. The number of carbonyl (C=O) groups excluding carboxylic acids is 2. The summed E-state index contributed by atoms with van der Waals surface area (Å²) in [5.74, 6) is 2.71. The fourth-order valence-corrected chi connectivity index (χ4v) is 2.87. The number of ether oxygens (including phenoxy) is 3. The van der Waals surface area contributed by atoms with Crippen molar-refractivity contribution in [2.75, 3.05) is 53.6 Å². The van der Waals surface area contributed by atoms with Crippen molar-refractivity contribution in [3.8, 4) is 29.6 Å². The maximum Gasteiger partial charge on any atom is 0.255 e. The van der Waals surface area contributed by atoms with Gasteiger partial charge in [0.05, 0.1) is 14.2 Å². The van der Waals surface area contributed by atoms with Crippen molar-refractivity contribution in [3.05, 3.63) is 17.7 Å². The lowest BCUT2D eigenvalue weighted by Gasteiger charge is -2.34. The third-order valence-corrected chi connectivity index (χ3v) is 4.30. The van der Waals surface area contributed by atoms with Gasteiger partial charge in [0, 0.05) is 44.7 Å². The number of nitrogens with two attached hydrogens (primary N) is 1. The second-order valence-corrected chi connectivity index (χ2v) is 6.05. The SMILES string of the molecule is C#CCCN1CCN(C(=O)c2cc(OC)c(OCC(N)=O)c(OC)c2)CC1. The molecule has 1 aliphatic rings. The number of benzene rings is 1. The van der Waals surface area contributed by atoms with Gasteiger partial charge in [-0.25, -0.2) is 0 Å². The van der Waals surface area contributed by atoms with Gasteiger partial charge in [0.15, 0.2) is 18.1 Å². The van der Waals surface area contributed by atoms with E-state index in [-0.39, 0.29) is 18.3 Å². The zero-order chi connectivity index (χ0) is 19.8. The molecule has 0 radical (unpaired) electrons. The Labute approximate surface area is 159 Å². The highest BCUT2D eigenvalue weighted by atomic mass is 16.5. The number of rotatable bonds is 8. The first kappa shape index (κ1) is 20.4. The Hall–Kier alpha value is -2.92. The van der Waals surface area contributed by atoms with Crippen molar-refractivity contribution in [2.24, 2.45) is 5.73 Å². The molecular weight excluding hydrogens is 350 g/mol. The number of methoxy groups -OCH3 is 2. The maximum absolute atomic E-state index is 12.9. The fraction of sp³-hybridized carbons (Fsp3) is 0.474. The predicted octanol–water partition coefficient (Wildman–Crippen LogP) is 0.349. The Morgan fingerprint density at radius 1 is 1.15 bits per heavy atom. The second-order valence-electron chi connectivity index (χ2n) is 6.05.